The molecule has 3 heterocycles. The highest BCUT2D eigenvalue weighted by Gasteiger charge is 2.33. The zero-order valence-electron chi connectivity index (χ0n) is 11.2. The number of nitrogens with zero attached hydrogens (tertiary/aromatic N) is 4. The topological polar surface area (TPSA) is 104 Å². The summed E-state index contributed by atoms with van der Waals surface area (Å²) in [7, 11) is 0. The molecule has 1 atom stereocenters. The first kappa shape index (κ1) is 12.6. The molecule has 0 aliphatic carbocycles. The van der Waals surface area contributed by atoms with E-state index in [0.29, 0.717) is 28.2 Å². The molecule has 3 N–H and O–H groups in total. The summed E-state index contributed by atoms with van der Waals surface area (Å²) in [6, 6.07) is 5.50. The first-order chi connectivity index (χ1) is 10.8. The minimum atomic E-state index is -0.384. The Morgan fingerprint density at radius 2 is 2.23 bits per heavy atom. The van der Waals surface area contributed by atoms with Crippen LogP contribution in [0.4, 0.5) is 5.82 Å². The van der Waals surface area contributed by atoms with Crippen molar-refractivity contribution in [3.63, 3.8) is 0 Å². The number of fused-ring (bicyclic) bond motifs is 2. The Morgan fingerprint density at radius 1 is 1.32 bits per heavy atom. The summed E-state index contributed by atoms with van der Waals surface area (Å²) in [6.07, 6.45) is 1.67. The van der Waals surface area contributed by atoms with Crippen LogP contribution >= 0.6 is 0 Å². The summed E-state index contributed by atoms with van der Waals surface area (Å²) in [5.74, 6) is 0.278. The lowest BCUT2D eigenvalue weighted by Crippen LogP contribution is -2.19. The minimum Gasteiger partial charge on any atom is -0.392 e. The zero-order chi connectivity index (χ0) is 15.1. The maximum absolute atomic E-state index is 9.55. The van der Waals surface area contributed by atoms with Gasteiger partial charge in [-0.15, -0.1) is 0 Å². The Labute approximate surface area is 124 Å². The first-order valence-corrected chi connectivity index (χ1v) is 6.56. The molecular weight excluding hydrogens is 284 g/mol. The molecule has 8 nitrogen and oxygen atoms in total. The van der Waals surface area contributed by atoms with Crippen molar-refractivity contribution in [3.05, 3.63) is 58.3 Å². The number of H-pyrrole nitrogens is 1. The largest absolute Gasteiger partial charge is 0.392 e. The summed E-state index contributed by atoms with van der Waals surface area (Å²) in [4.78, 5) is 3.61. The maximum atomic E-state index is 9.55. The van der Waals surface area contributed by atoms with Crippen molar-refractivity contribution in [2.75, 3.05) is 11.9 Å². The molecule has 4 rings (SSSR count). The Kier molecular flexibility index (Phi) is 2.67. The molecule has 108 valence electrons. The lowest BCUT2D eigenvalue weighted by molar-refractivity contribution is 0.315. The molecule has 3 aromatic rings. The van der Waals surface area contributed by atoms with Crippen LogP contribution in [0.25, 0.3) is 15.9 Å². The molecule has 1 aromatic carbocycles. The monoisotopic (exact) mass is 294 g/mol. The van der Waals surface area contributed by atoms with Gasteiger partial charge in [0.15, 0.2) is 5.70 Å². The van der Waals surface area contributed by atoms with Gasteiger partial charge < -0.3 is 10.4 Å². The summed E-state index contributed by atoms with van der Waals surface area (Å²) < 4.78 is 4.81. The second kappa shape index (κ2) is 4.68. The fourth-order valence-corrected chi connectivity index (χ4v) is 2.78. The quantitative estimate of drug-likeness (QED) is 0.620. The van der Waals surface area contributed by atoms with E-state index in [1.165, 1.54) is 0 Å². The van der Waals surface area contributed by atoms with Gasteiger partial charge >= 0.3 is 0 Å². The van der Waals surface area contributed by atoms with E-state index >= 15 is 0 Å². The molecule has 2 aromatic heterocycles. The van der Waals surface area contributed by atoms with Crippen LogP contribution in [0.5, 0.6) is 0 Å². The fourth-order valence-electron chi connectivity index (χ4n) is 2.78. The number of aliphatic hydroxyl groups excluding tert-OH is 1. The molecule has 1 unspecified atom stereocenters. The average Bonchev–Trinajstić information content (AvgIpc) is 3.20. The standard InChI is InChI=1S/C14H10N6O2/c1-15-13-10(6-21)17-14-8(5-16-18-14)11(13)7-3-2-4-9-12(7)20-22-19-9/h2-5,11,21H,6H2,(H2,16,17,18). The molecule has 0 amide bonds. The van der Waals surface area contributed by atoms with Crippen LogP contribution in [-0.4, -0.2) is 32.2 Å². The predicted molar refractivity (Wildman–Crippen MR) is 76.6 cm³/mol. The van der Waals surface area contributed by atoms with E-state index < -0.39 is 0 Å². The summed E-state index contributed by atoms with van der Waals surface area (Å²) in [6.45, 7) is 7.24. The molecule has 0 bridgehead atoms. The van der Waals surface area contributed by atoms with Crippen molar-refractivity contribution in [3.8, 4) is 0 Å². The van der Waals surface area contributed by atoms with E-state index in [9.17, 15) is 5.11 Å². The molecule has 0 saturated carbocycles. The van der Waals surface area contributed by atoms with Gasteiger partial charge in [0.1, 0.15) is 16.9 Å². The zero-order valence-corrected chi connectivity index (χ0v) is 11.2. The van der Waals surface area contributed by atoms with Gasteiger partial charge in [-0.25, -0.2) is 9.47 Å². The van der Waals surface area contributed by atoms with Crippen molar-refractivity contribution >= 4 is 16.9 Å². The number of aromatic nitrogens is 4. The molecular formula is C14H10N6O2. The van der Waals surface area contributed by atoms with Crippen molar-refractivity contribution in [1.82, 2.24) is 20.5 Å². The third kappa shape index (κ3) is 1.63. The van der Waals surface area contributed by atoms with E-state index in [1.807, 2.05) is 12.1 Å². The number of hydrogen-bond acceptors (Lipinski definition) is 6. The Balaban J connectivity index is 2.02. The number of aliphatic hydroxyl groups is 1. The van der Waals surface area contributed by atoms with Gasteiger partial charge in [0.25, 0.3) is 0 Å². The predicted octanol–water partition coefficient (Wildman–Crippen LogP) is 1.63. The van der Waals surface area contributed by atoms with Gasteiger partial charge in [-0.3, -0.25) is 5.10 Å². The van der Waals surface area contributed by atoms with Gasteiger partial charge in [0, 0.05) is 11.3 Å². The first-order valence-electron chi connectivity index (χ1n) is 6.56. The van der Waals surface area contributed by atoms with Crippen LogP contribution < -0.4 is 5.32 Å². The number of aromatic amines is 1. The molecule has 0 fully saturated rings. The highest BCUT2D eigenvalue weighted by molar-refractivity contribution is 5.80. The maximum Gasteiger partial charge on any atom is 0.198 e. The van der Waals surface area contributed by atoms with Crippen molar-refractivity contribution in [2.45, 2.75) is 5.92 Å². The third-order valence-corrected chi connectivity index (χ3v) is 3.74. The lowest BCUT2D eigenvalue weighted by Gasteiger charge is -2.25. The summed E-state index contributed by atoms with van der Waals surface area (Å²) >= 11 is 0. The van der Waals surface area contributed by atoms with Gasteiger partial charge in [0.05, 0.1) is 25.3 Å². The van der Waals surface area contributed by atoms with Gasteiger partial charge in [-0.05, 0) is 21.9 Å². The number of benzene rings is 1. The molecule has 0 spiro atoms. The van der Waals surface area contributed by atoms with Crippen LogP contribution in [0.2, 0.25) is 0 Å². The Morgan fingerprint density at radius 3 is 3.05 bits per heavy atom. The smallest absolute Gasteiger partial charge is 0.198 e. The number of anilines is 1. The number of rotatable bonds is 2. The van der Waals surface area contributed by atoms with Crippen molar-refractivity contribution in [2.24, 2.45) is 0 Å². The lowest BCUT2D eigenvalue weighted by atomic mass is 9.86. The third-order valence-electron chi connectivity index (χ3n) is 3.74. The van der Waals surface area contributed by atoms with Crippen LogP contribution in [0.15, 0.2) is 40.4 Å². The highest BCUT2D eigenvalue weighted by Crippen LogP contribution is 2.42. The molecule has 1 aliphatic rings. The normalized spacial score (nSPS) is 17.2. The van der Waals surface area contributed by atoms with Crippen LogP contribution in [-0.2, 0) is 0 Å². The second-order valence-electron chi connectivity index (χ2n) is 4.87. The van der Waals surface area contributed by atoms with Gasteiger partial charge in [0.2, 0.25) is 0 Å². The van der Waals surface area contributed by atoms with Crippen LogP contribution in [0.1, 0.15) is 17.0 Å². The molecule has 0 saturated heterocycles. The minimum absolute atomic E-state index is 0.264. The second-order valence-corrected chi connectivity index (χ2v) is 4.87. The highest BCUT2D eigenvalue weighted by atomic mass is 16.6. The van der Waals surface area contributed by atoms with E-state index in [0.717, 1.165) is 11.1 Å². The number of hydrogen-bond donors (Lipinski definition) is 3. The molecule has 1 aliphatic heterocycles. The molecule has 0 radical (unpaired) electrons. The number of allylic oxidation sites excluding steroid dienone is 1. The van der Waals surface area contributed by atoms with Crippen LogP contribution in [0.3, 0.4) is 0 Å². The Hall–Kier alpha value is -3.18. The van der Waals surface area contributed by atoms with Crippen LogP contribution in [0, 0.1) is 6.57 Å². The molecule has 22 heavy (non-hydrogen) atoms. The Bertz CT molecular complexity index is 932. The van der Waals surface area contributed by atoms with Gasteiger partial charge in [-0.1, -0.05) is 12.1 Å². The summed E-state index contributed by atoms with van der Waals surface area (Å²) in [5, 5.41) is 27.2. The molecule has 8 heteroatoms. The van der Waals surface area contributed by atoms with Crippen molar-refractivity contribution < 1.29 is 9.74 Å². The van der Waals surface area contributed by atoms with E-state index in [2.05, 4.69) is 30.7 Å². The fraction of sp³-hybridized carbons (Fsp3) is 0.143. The SMILES string of the molecule is [C-]#[N+]C1=C(CO)Nc2[nH]ncc2C1c1cccc2nonc12. The average molecular weight is 294 g/mol. The van der Waals surface area contributed by atoms with Crippen molar-refractivity contribution in [1.29, 1.82) is 0 Å². The van der Waals surface area contributed by atoms with Gasteiger partial charge in [-0.2, -0.15) is 5.10 Å². The van der Waals surface area contributed by atoms with E-state index in [-0.39, 0.29) is 12.5 Å². The summed E-state index contributed by atoms with van der Waals surface area (Å²) in [5.41, 5.74) is 3.69. The van der Waals surface area contributed by atoms with E-state index in [1.54, 1.807) is 12.3 Å². The number of nitrogens with one attached hydrogen (secondary N) is 2. The van der Waals surface area contributed by atoms with E-state index in [4.69, 9.17) is 11.2 Å².